The Morgan fingerprint density at radius 2 is 1.79 bits per heavy atom. The van der Waals surface area contributed by atoms with Gasteiger partial charge in [-0.2, -0.15) is 0 Å². The summed E-state index contributed by atoms with van der Waals surface area (Å²) in [5, 5.41) is 0. The third-order valence-electron chi connectivity index (χ3n) is 4.30. The molecule has 82 valence electrons. The Morgan fingerprint density at radius 1 is 1.00 bits per heavy atom. The van der Waals surface area contributed by atoms with E-state index >= 15 is 0 Å². The van der Waals surface area contributed by atoms with Gasteiger partial charge in [-0.1, -0.05) is 45.4 Å². The van der Waals surface area contributed by atoms with Crippen molar-refractivity contribution in [3.63, 3.8) is 0 Å². The Bertz CT molecular complexity index is 178. The Kier molecular flexibility index (Phi) is 3.48. The van der Waals surface area contributed by atoms with Crippen molar-refractivity contribution in [3.8, 4) is 0 Å². The van der Waals surface area contributed by atoms with Gasteiger partial charge in [0.1, 0.15) is 0 Å². The van der Waals surface area contributed by atoms with Crippen LogP contribution in [0.3, 0.4) is 0 Å². The van der Waals surface area contributed by atoms with Crippen LogP contribution < -0.4 is 5.73 Å². The molecule has 4 atom stereocenters. The van der Waals surface area contributed by atoms with E-state index in [4.69, 9.17) is 5.73 Å². The first-order chi connectivity index (χ1) is 6.83. The molecule has 0 aliphatic heterocycles. The van der Waals surface area contributed by atoms with Crippen LogP contribution in [0.2, 0.25) is 0 Å². The third-order valence-corrected chi connectivity index (χ3v) is 4.30. The summed E-state index contributed by atoms with van der Waals surface area (Å²) in [5.74, 6) is 3.00. The molecule has 0 radical (unpaired) electrons. The van der Waals surface area contributed by atoms with Crippen LogP contribution in [0, 0.1) is 17.8 Å². The van der Waals surface area contributed by atoms with Crippen molar-refractivity contribution in [2.75, 3.05) is 0 Å². The molecule has 0 bridgehead atoms. The molecule has 1 nitrogen and oxygen atoms in total. The predicted molar refractivity (Wildman–Crippen MR) is 61.1 cm³/mol. The quantitative estimate of drug-likeness (QED) is 0.646. The second-order valence-corrected chi connectivity index (χ2v) is 5.43. The highest BCUT2D eigenvalue weighted by molar-refractivity contribution is 5.04. The van der Waals surface area contributed by atoms with Gasteiger partial charge in [-0.25, -0.2) is 0 Å². The lowest BCUT2D eigenvalue weighted by atomic mass is 9.95. The average Bonchev–Trinajstić information content (AvgIpc) is 2.90. The van der Waals surface area contributed by atoms with E-state index in [-0.39, 0.29) is 0 Å². The first-order valence-electron chi connectivity index (χ1n) is 6.58. The summed E-state index contributed by atoms with van der Waals surface area (Å²) >= 11 is 0. The molecule has 0 amide bonds. The number of rotatable bonds is 6. The van der Waals surface area contributed by atoms with Crippen molar-refractivity contribution in [2.24, 2.45) is 23.5 Å². The van der Waals surface area contributed by atoms with Crippen molar-refractivity contribution in [3.05, 3.63) is 0 Å². The second kappa shape index (κ2) is 4.65. The zero-order chi connectivity index (χ0) is 9.97. The lowest BCUT2D eigenvalue weighted by molar-refractivity contribution is 0.408. The molecule has 0 saturated heterocycles. The molecule has 2 rings (SSSR count). The SMILES string of the molecule is CCCCCCCC1CC(N)C2CC12. The number of unbranched alkanes of at least 4 members (excludes halogenated alkanes) is 4. The molecule has 0 aromatic rings. The second-order valence-electron chi connectivity index (χ2n) is 5.43. The van der Waals surface area contributed by atoms with Gasteiger partial charge >= 0.3 is 0 Å². The Morgan fingerprint density at radius 3 is 2.36 bits per heavy atom. The summed E-state index contributed by atoms with van der Waals surface area (Å²) < 4.78 is 0. The summed E-state index contributed by atoms with van der Waals surface area (Å²) in [6.07, 6.45) is 11.4. The maximum Gasteiger partial charge on any atom is 0.00727 e. The van der Waals surface area contributed by atoms with Crippen molar-refractivity contribution < 1.29 is 0 Å². The maximum absolute atomic E-state index is 6.06. The molecule has 2 fully saturated rings. The van der Waals surface area contributed by atoms with E-state index in [1.807, 2.05) is 0 Å². The lowest BCUT2D eigenvalue weighted by Crippen LogP contribution is -2.20. The maximum atomic E-state index is 6.06. The van der Waals surface area contributed by atoms with Crippen LogP contribution in [0.5, 0.6) is 0 Å². The molecule has 2 saturated carbocycles. The average molecular weight is 195 g/mol. The topological polar surface area (TPSA) is 26.0 Å². The van der Waals surface area contributed by atoms with Crippen molar-refractivity contribution in [1.82, 2.24) is 0 Å². The Labute approximate surface area is 88.4 Å². The Balaban J connectivity index is 1.54. The minimum atomic E-state index is 0.570. The van der Waals surface area contributed by atoms with Crippen LogP contribution in [0.4, 0.5) is 0 Å². The van der Waals surface area contributed by atoms with Crippen molar-refractivity contribution in [1.29, 1.82) is 0 Å². The fourth-order valence-electron chi connectivity index (χ4n) is 3.31. The van der Waals surface area contributed by atoms with Gasteiger partial charge in [-0.15, -0.1) is 0 Å². The summed E-state index contributed by atoms with van der Waals surface area (Å²) in [7, 11) is 0. The summed E-state index contributed by atoms with van der Waals surface area (Å²) in [4.78, 5) is 0. The first kappa shape index (κ1) is 10.5. The molecule has 14 heavy (non-hydrogen) atoms. The van der Waals surface area contributed by atoms with E-state index in [2.05, 4.69) is 6.92 Å². The number of fused-ring (bicyclic) bond motifs is 1. The fourth-order valence-corrected chi connectivity index (χ4v) is 3.31. The highest BCUT2D eigenvalue weighted by Crippen LogP contribution is 2.56. The zero-order valence-electron chi connectivity index (χ0n) is 9.54. The highest BCUT2D eigenvalue weighted by Gasteiger charge is 2.51. The molecular formula is C13H25N. The van der Waals surface area contributed by atoms with Gasteiger partial charge in [-0.05, 0) is 30.6 Å². The molecule has 2 aliphatic carbocycles. The van der Waals surface area contributed by atoms with E-state index in [0.717, 1.165) is 17.8 Å². The number of nitrogens with two attached hydrogens (primary N) is 1. The predicted octanol–water partition coefficient (Wildman–Crippen LogP) is 3.33. The molecule has 0 heterocycles. The molecular weight excluding hydrogens is 170 g/mol. The van der Waals surface area contributed by atoms with E-state index in [9.17, 15) is 0 Å². The summed E-state index contributed by atoms with van der Waals surface area (Å²) in [6.45, 7) is 2.28. The van der Waals surface area contributed by atoms with Crippen LogP contribution in [0.25, 0.3) is 0 Å². The van der Waals surface area contributed by atoms with Gasteiger partial charge < -0.3 is 5.73 Å². The fraction of sp³-hybridized carbons (Fsp3) is 1.00. The van der Waals surface area contributed by atoms with Crippen LogP contribution in [-0.4, -0.2) is 6.04 Å². The van der Waals surface area contributed by atoms with Crippen LogP contribution >= 0.6 is 0 Å². The van der Waals surface area contributed by atoms with Crippen molar-refractivity contribution in [2.45, 2.75) is 64.3 Å². The summed E-state index contributed by atoms with van der Waals surface area (Å²) in [6, 6.07) is 0.570. The van der Waals surface area contributed by atoms with Gasteiger partial charge in [0.05, 0.1) is 0 Å². The zero-order valence-corrected chi connectivity index (χ0v) is 9.54. The molecule has 4 unspecified atom stereocenters. The molecule has 0 aromatic carbocycles. The number of hydrogen-bond donors (Lipinski definition) is 1. The normalized spacial score (nSPS) is 39.9. The highest BCUT2D eigenvalue weighted by atomic mass is 14.8. The van der Waals surface area contributed by atoms with Gasteiger partial charge in [0.25, 0.3) is 0 Å². The lowest BCUT2D eigenvalue weighted by Gasteiger charge is -2.12. The Hall–Kier alpha value is -0.0400. The van der Waals surface area contributed by atoms with Gasteiger partial charge in [0, 0.05) is 6.04 Å². The molecule has 2 aliphatic rings. The molecule has 0 aromatic heterocycles. The summed E-state index contributed by atoms with van der Waals surface area (Å²) in [5.41, 5.74) is 6.06. The van der Waals surface area contributed by atoms with Crippen LogP contribution in [0.1, 0.15) is 58.3 Å². The van der Waals surface area contributed by atoms with Gasteiger partial charge in [0.2, 0.25) is 0 Å². The largest absolute Gasteiger partial charge is 0.327 e. The standard InChI is InChI=1S/C13H25N/c1-2-3-4-5-6-7-10-8-13(14)12-9-11(10)12/h10-13H,2-9,14H2,1H3. The van der Waals surface area contributed by atoms with E-state index in [1.54, 1.807) is 0 Å². The van der Waals surface area contributed by atoms with Gasteiger partial charge in [0.15, 0.2) is 0 Å². The monoisotopic (exact) mass is 195 g/mol. The minimum absolute atomic E-state index is 0.570. The smallest absolute Gasteiger partial charge is 0.00727 e. The number of hydrogen-bond acceptors (Lipinski definition) is 1. The van der Waals surface area contributed by atoms with Crippen molar-refractivity contribution >= 4 is 0 Å². The minimum Gasteiger partial charge on any atom is -0.327 e. The van der Waals surface area contributed by atoms with E-state index in [1.165, 1.54) is 51.4 Å². The molecule has 0 spiro atoms. The molecule has 1 heteroatoms. The van der Waals surface area contributed by atoms with Crippen LogP contribution in [0.15, 0.2) is 0 Å². The van der Waals surface area contributed by atoms with Crippen LogP contribution in [-0.2, 0) is 0 Å². The third kappa shape index (κ3) is 2.31. The first-order valence-corrected chi connectivity index (χ1v) is 6.58. The van der Waals surface area contributed by atoms with E-state index in [0.29, 0.717) is 6.04 Å². The molecule has 2 N–H and O–H groups in total. The van der Waals surface area contributed by atoms with E-state index < -0.39 is 0 Å². The van der Waals surface area contributed by atoms with Gasteiger partial charge in [-0.3, -0.25) is 0 Å².